The van der Waals surface area contributed by atoms with Crippen molar-refractivity contribution in [3.63, 3.8) is 0 Å². The molecule has 1 heterocycles. The minimum atomic E-state index is 0.176. The molecular formula is C13H14N4O2S. The summed E-state index contributed by atoms with van der Waals surface area (Å²) in [6, 6.07) is 5.39. The monoisotopic (exact) mass is 290 g/mol. The van der Waals surface area contributed by atoms with E-state index in [1.807, 2.05) is 0 Å². The van der Waals surface area contributed by atoms with Crippen LogP contribution in [-0.4, -0.2) is 29.2 Å². The minimum absolute atomic E-state index is 0.176. The molecule has 1 aromatic carbocycles. The molecule has 0 unspecified atom stereocenters. The first kappa shape index (κ1) is 14.0. The summed E-state index contributed by atoms with van der Waals surface area (Å²) in [4.78, 5) is 8.47. The molecule has 104 valence electrons. The molecule has 0 bridgehead atoms. The van der Waals surface area contributed by atoms with Gasteiger partial charge in [-0.05, 0) is 0 Å². The van der Waals surface area contributed by atoms with Gasteiger partial charge in [0.25, 0.3) is 0 Å². The Morgan fingerprint density at radius 2 is 1.70 bits per heavy atom. The van der Waals surface area contributed by atoms with Crippen LogP contribution in [0.3, 0.4) is 0 Å². The van der Waals surface area contributed by atoms with E-state index in [1.54, 1.807) is 38.6 Å². The third kappa shape index (κ3) is 3.12. The normalized spacial score (nSPS) is 9.90. The van der Waals surface area contributed by atoms with Crippen LogP contribution in [0.25, 0.3) is 0 Å². The second-order valence-corrected chi connectivity index (χ2v) is 4.28. The van der Waals surface area contributed by atoms with Gasteiger partial charge in [0.1, 0.15) is 22.2 Å². The lowest BCUT2D eigenvalue weighted by atomic mass is 10.2. The van der Waals surface area contributed by atoms with E-state index in [4.69, 9.17) is 27.4 Å². The molecule has 2 rings (SSSR count). The van der Waals surface area contributed by atoms with Crippen molar-refractivity contribution in [1.82, 2.24) is 9.97 Å². The highest BCUT2D eigenvalue weighted by Gasteiger charge is 2.09. The molecule has 0 aliphatic rings. The number of nitrogens with zero attached hydrogens (tertiary/aromatic N) is 2. The molecule has 3 N–H and O–H groups in total. The quantitative estimate of drug-likeness (QED) is 0.813. The lowest BCUT2D eigenvalue weighted by molar-refractivity contribution is 0.395. The average Bonchev–Trinajstić information content (AvgIpc) is 2.47. The summed E-state index contributed by atoms with van der Waals surface area (Å²) in [5.41, 5.74) is 6.79. The molecule has 0 saturated heterocycles. The van der Waals surface area contributed by atoms with E-state index in [1.165, 1.54) is 6.20 Å². The van der Waals surface area contributed by atoms with Crippen LogP contribution >= 0.6 is 12.2 Å². The second kappa shape index (κ2) is 6.16. The standard InChI is InChI=1S/C13H14N4O2S/c1-18-9-5-8(6-10(7-9)19-2)17-13-11(12(14)20)15-3-4-16-13/h3-7H,1-2H3,(H2,14,20)(H,16,17). The molecular weight excluding hydrogens is 276 g/mol. The molecule has 0 spiro atoms. The van der Waals surface area contributed by atoms with Gasteiger partial charge in [-0.1, -0.05) is 12.2 Å². The molecule has 2 aromatic rings. The van der Waals surface area contributed by atoms with Crippen LogP contribution in [-0.2, 0) is 0 Å². The summed E-state index contributed by atoms with van der Waals surface area (Å²) in [7, 11) is 3.17. The molecule has 0 fully saturated rings. The first-order chi connectivity index (χ1) is 9.63. The van der Waals surface area contributed by atoms with Crippen LogP contribution in [0.1, 0.15) is 5.69 Å². The van der Waals surface area contributed by atoms with Gasteiger partial charge >= 0.3 is 0 Å². The van der Waals surface area contributed by atoms with E-state index in [0.29, 0.717) is 23.0 Å². The van der Waals surface area contributed by atoms with Crippen molar-refractivity contribution in [3.05, 3.63) is 36.3 Å². The van der Waals surface area contributed by atoms with Gasteiger partial charge in [0.15, 0.2) is 5.82 Å². The molecule has 0 atom stereocenters. The van der Waals surface area contributed by atoms with E-state index in [2.05, 4.69) is 15.3 Å². The van der Waals surface area contributed by atoms with Crippen molar-refractivity contribution in [2.75, 3.05) is 19.5 Å². The van der Waals surface area contributed by atoms with E-state index in [-0.39, 0.29) is 4.99 Å². The highest BCUT2D eigenvalue weighted by molar-refractivity contribution is 7.80. The predicted molar refractivity (Wildman–Crippen MR) is 80.7 cm³/mol. The first-order valence-electron chi connectivity index (χ1n) is 5.75. The van der Waals surface area contributed by atoms with Gasteiger partial charge in [-0.2, -0.15) is 0 Å². The van der Waals surface area contributed by atoms with Crippen molar-refractivity contribution in [2.24, 2.45) is 5.73 Å². The molecule has 7 heteroatoms. The number of methoxy groups -OCH3 is 2. The van der Waals surface area contributed by atoms with Gasteiger partial charge in [-0.15, -0.1) is 0 Å². The first-order valence-corrected chi connectivity index (χ1v) is 6.15. The van der Waals surface area contributed by atoms with Gasteiger partial charge in [0.2, 0.25) is 0 Å². The number of ether oxygens (including phenoxy) is 2. The zero-order valence-corrected chi connectivity index (χ0v) is 11.9. The molecule has 20 heavy (non-hydrogen) atoms. The van der Waals surface area contributed by atoms with E-state index >= 15 is 0 Å². The molecule has 6 nitrogen and oxygen atoms in total. The number of anilines is 2. The molecule has 0 radical (unpaired) electrons. The average molecular weight is 290 g/mol. The van der Waals surface area contributed by atoms with Gasteiger partial charge in [-0.25, -0.2) is 9.97 Å². The fourth-order valence-electron chi connectivity index (χ4n) is 1.63. The largest absolute Gasteiger partial charge is 0.497 e. The highest BCUT2D eigenvalue weighted by Crippen LogP contribution is 2.28. The van der Waals surface area contributed by atoms with Gasteiger partial charge in [-0.3, -0.25) is 0 Å². The predicted octanol–water partition coefficient (Wildman–Crippen LogP) is 1.87. The fourth-order valence-corrected chi connectivity index (χ4v) is 1.78. The number of rotatable bonds is 5. The van der Waals surface area contributed by atoms with Crippen molar-refractivity contribution in [3.8, 4) is 11.5 Å². The maximum absolute atomic E-state index is 5.62. The molecule has 1 aromatic heterocycles. The molecule has 0 saturated carbocycles. The third-order valence-electron chi connectivity index (χ3n) is 2.55. The number of hydrogen-bond acceptors (Lipinski definition) is 6. The van der Waals surface area contributed by atoms with E-state index < -0.39 is 0 Å². The van der Waals surface area contributed by atoms with Crippen LogP contribution in [0.4, 0.5) is 11.5 Å². The van der Waals surface area contributed by atoms with Crippen molar-refractivity contribution in [1.29, 1.82) is 0 Å². The van der Waals surface area contributed by atoms with Crippen LogP contribution < -0.4 is 20.5 Å². The Kier molecular flexibility index (Phi) is 4.31. The topological polar surface area (TPSA) is 82.3 Å². The maximum atomic E-state index is 5.62. The Bertz CT molecular complexity index is 611. The molecule has 0 aliphatic heterocycles. The number of hydrogen-bond donors (Lipinski definition) is 2. The van der Waals surface area contributed by atoms with Crippen molar-refractivity contribution in [2.45, 2.75) is 0 Å². The SMILES string of the molecule is COc1cc(Nc2nccnc2C(N)=S)cc(OC)c1. The Balaban J connectivity index is 2.37. The number of nitrogens with one attached hydrogen (secondary N) is 1. The van der Waals surface area contributed by atoms with Crippen LogP contribution in [0.2, 0.25) is 0 Å². The lowest BCUT2D eigenvalue weighted by Crippen LogP contribution is -2.14. The lowest BCUT2D eigenvalue weighted by Gasteiger charge is -2.11. The second-order valence-electron chi connectivity index (χ2n) is 3.84. The van der Waals surface area contributed by atoms with Gasteiger partial charge in [0.05, 0.1) is 14.2 Å². The Morgan fingerprint density at radius 3 is 2.25 bits per heavy atom. The van der Waals surface area contributed by atoms with E-state index in [9.17, 15) is 0 Å². The maximum Gasteiger partial charge on any atom is 0.159 e. The summed E-state index contributed by atoms with van der Waals surface area (Å²) in [5.74, 6) is 1.80. The van der Waals surface area contributed by atoms with Crippen LogP contribution in [0.15, 0.2) is 30.6 Å². The zero-order valence-electron chi connectivity index (χ0n) is 11.1. The van der Waals surface area contributed by atoms with Crippen molar-refractivity contribution >= 4 is 28.7 Å². The van der Waals surface area contributed by atoms with Gasteiger partial charge < -0.3 is 20.5 Å². The van der Waals surface area contributed by atoms with E-state index in [0.717, 1.165) is 5.69 Å². The molecule has 0 amide bonds. The fraction of sp³-hybridized carbons (Fsp3) is 0.154. The Labute approximate surface area is 121 Å². The summed E-state index contributed by atoms with van der Waals surface area (Å²) in [6.07, 6.45) is 3.09. The summed E-state index contributed by atoms with van der Waals surface area (Å²) < 4.78 is 10.4. The smallest absolute Gasteiger partial charge is 0.159 e. The van der Waals surface area contributed by atoms with Gasteiger partial charge in [0, 0.05) is 36.3 Å². The van der Waals surface area contributed by atoms with Crippen molar-refractivity contribution < 1.29 is 9.47 Å². The number of thiocarbonyl (C=S) groups is 1. The third-order valence-corrected chi connectivity index (χ3v) is 2.74. The van der Waals surface area contributed by atoms with Crippen LogP contribution in [0.5, 0.6) is 11.5 Å². The highest BCUT2D eigenvalue weighted by atomic mass is 32.1. The number of aromatic nitrogens is 2. The summed E-state index contributed by atoms with van der Waals surface area (Å²) in [5, 5.41) is 3.10. The number of benzene rings is 1. The minimum Gasteiger partial charge on any atom is -0.497 e. The Hall–Kier alpha value is -2.41. The zero-order chi connectivity index (χ0) is 14.5. The Morgan fingerprint density at radius 1 is 1.10 bits per heavy atom. The summed E-state index contributed by atoms with van der Waals surface area (Å²) in [6.45, 7) is 0. The molecule has 0 aliphatic carbocycles. The van der Waals surface area contributed by atoms with Crippen LogP contribution in [0, 0.1) is 0 Å². The summed E-state index contributed by atoms with van der Waals surface area (Å²) >= 11 is 4.95. The number of nitrogens with two attached hydrogens (primary N) is 1.